The van der Waals surface area contributed by atoms with E-state index < -0.39 is 6.10 Å². The second-order valence-corrected chi connectivity index (χ2v) is 23.4. The Kier molecular flexibility index (Phi) is 65.1. The predicted octanol–water partition coefficient (Wildman–Crippen LogP) is 23.9. The minimum Gasteiger partial charge on any atom is -0.462 e. The zero-order valence-electron chi connectivity index (χ0n) is 52.9. The highest BCUT2D eigenvalue weighted by atomic mass is 16.6. The van der Waals surface area contributed by atoms with Crippen molar-refractivity contribution in [2.24, 2.45) is 0 Å². The fourth-order valence-corrected chi connectivity index (χ4v) is 10.3. The summed E-state index contributed by atoms with van der Waals surface area (Å²) in [6, 6.07) is 0. The number of unbranched alkanes of at least 4 members (excludes halogenated alkanes) is 43. The molecule has 0 heterocycles. The minimum absolute atomic E-state index is 0.0694. The summed E-state index contributed by atoms with van der Waals surface area (Å²) in [4.78, 5) is 38.0. The standard InChI is InChI=1S/C73H132O6/c1-4-7-10-13-15-17-19-21-23-25-27-29-31-33-34-35-36-37-38-40-41-43-45-47-49-51-53-55-57-60-63-66-72(75)78-69-70(68-77-71(74)65-62-59-12-9-6-3)79-73(76)67-64-61-58-56-54-52-50-48-46-44-42-39-32-30-28-26-24-22-20-18-16-14-11-8-5-2/h7,10,15,17,21,23,26-29,70H,4-6,8-9,11-14,16,18-20,22,24-25,30-69H2,1-3H3/b10-7-,17-15-,23-21-,28-26-,29-27-. The molecule has 0 aliphatic heterocycles. The summed E-state index contributed by atoms with van der Waals surface area (Å²) in [7, 11) is 0. The molecule has 0 aliphatic rings. The van der Waals surface area contributed by atoms with Crippen LogP contribution in [0, 0.1) is 0 Å². The normalized spacial score (nSPS) is 12.4. The Labute approximate surface area is 491 Å². The Bertz CT molecular complexity index is 1410. The van der Waals surface area contributed by atoms with Crippen LogP contribution >= 0.6 is 0 Å². The van der Waals surface area contributed by atoms with Gasteiger partial charge in [0.25, 0.3) is 0 Å². The Morgan fingerprint density at radius 2 is 0.494 bits per heavy atom. The van der Waals surface area contributed by atoms with E-state index in [1.54, 1.807) is 0 Å². The van der Waals surface area contributed by atoms with Crippen LogP contribution in [0.15, 0.2) is 60.8 Å². The molecule has 79 heavy (non-hydrogen) atoms. The van der Waals surface area contributed by atoms with Crippen LogP contribution in [0.3, 0.4) is 0 Å². The van der Waals surface area contributed by atoms with Gasteiger partial charge in [0.2, 0.25) is 0 Å². The fraction of sp³-hybridized carbons (Fsp3) is 0.822. The zero-order chi connectivity index (χ0) is 57.1. The van der Waals surface area contributed by atoms with Crippen molar-refractivity contribution < 1.29 is 28.6 Å². The molecule has 1 unspecified atom stereocenters. The van der Waals surface area contributed by atoms with Crippen molar-refractivity contribution in [2.45, 2.75) is 374 Å². The first kappa shape index (κ1) is 76.1. The summed E-state index contributed by atoms with van der Waals surface area (Å²) in [6.07, 6.45) is 87.4. The number of hydrogen-bond donors (Lipinski definition) is 0. The lowest BCUT2D eigenvalue weighted by atomic mass is 10.0. The first-order valence-electron chi connectivity index (χ1n) is 34.8. The summed E-state index contributed by atoms with van der Waals surface area (Å²) >= 11 is 0. The van der Waals surface area contributed by atoms with Crippen LogP contribution in [0.1, 0.15) is 367 Å². The lowest BCUT2D eigenvalue weighted by Gasteiger charge is -2.18. The number of rotatable bonds is 64. The number of carbonyl (C=O) groups is 3. The molecule has 0 rings (SSSR count). The molecule has 0 aromatic rings. The molecule has 0 radical (unpaired) electrons. The molecule has 1 atom stereocenters. The molecule has 0 fully saturated rings. The molecule has 0 saturated carbocycles. The van der Waals surface area contributed by atoms with Gasteiger partial charge < -0.3 is 14.2 Å². The van der Waals surface area contributed by atoms with E-state index in [4.69, 9.17) is 14.2 Å². The average Bonchev–Trinajstić information content (AvgIpc) is 3.45. The number of ether oxygens (including phenoxy) is 3. The van der Waals surface area contributed by atoms with Gasteiger partial charge in [0.1, 0.15) is 13.2 Å². The summed E-state index contributed by atoms with van der Waals surface area (Å²) < 4.78 is 16.8. The molecule has 0 aliphatic carbocycles. The summed E-state index contributed by atoms with van der Waals surface area (Å²) in [5.41, 5.74) is 0. The van der Waals surface area contributed by atoms with E-state index in [1.807, 2.05) is 0 Å². The van der Waals surface area contributed by atoms with Crippen molar-refractivity contribution in [3.63, 3.8) is 0 Å². The second-order valence-electron chi connectivity index (χ2n) is 23.4. The van der Waals surface area contributed by atoms with E-state index in [0.29, 0.717) is 19.3 Å². The lowest BCUT2D eigenvalue weighted by Crippen LogP contribution is -2.30. The van der Waals surface area contributed by atoms with Crippen molar-refractivity contribution in [1.82, 2.24) is 0 Å². The molecular weight excluding hydrogens is 973 g/mol. The fourth-order valence-electron chi connectivity index (χ4n) is 10.3. The van der Waals surface area contributed by atoms with E-state index in [2.05, 4.69) is 81.5 Å². The molecule has 6 nitrogen and oxygen atoms in total. The van der Waals surface area contributed by atoms with Crippen LogP contribution in [0.25, 0.3) is 0 Å². The summed E-state index contributed by atoms with van der Waals surface area (Å²) in [5.74, 6) is -0.862. The van der Waals surface area contributed by atoms with Gasteiger partial charge in [-0.1, -0.05) is 326 Å². The molecule has 6 heteroatoms. The smallest absolute Gasteiger partial charge is 0.306 e. The first-order chi connectivity index (χ1) is 39.0. The lowest BCUT2D eigenvalue weighted by molar-refractivity contribution is -0.167. The zero-order valence-corrected chi connectivity index (χ0v) is 52.9. The van der Waals surface area contributed by atoms with Gasteiger partial charge >= 0.3 is 17.9 Å². The summed E-state index contributed by atoms with van der Waals surface area (Å²) in [6.45, 7) is 6.50. The first-order valence-corrected chi connectivity index (χ1v) is 34.8. The van der Waals surface area contributed by atoms with Crippen molar-refractivity contribution in [3.05, 3.63) is 60.8 Å². The van der Waals surface area contributed by atoms with E-state index in [1.165, 1.54) is 238 Å². The van der Waals surface area contributed by atoms with Gasteiger partial charge in [0, 0.05) is 19.3 Å². The molecule has 0 aromatic heterocycles. The predicted molar refractivity (Wildman–Crippen MR) is 344 cm³/mol. The monoisotopic (exact) mass is 1110 g/mol. The number of carbonyl (C=O) groups excluding carboxylic acids is 3. The van der Waals surface area contributed by atoms with Crippen molar-refractivity contribution in [2.75, 3.05) is 13.2 Å². The van der Waals surface area contributed by atoms with Gasteiger partial charge in [0.05, 0.1) is 0 Å². The number of hydrogen-bond acceptors (Lipinski definition) is 6. The number of esters is 3. The molecule has 0 amide bonds. The maximum absolute atomic E-state index is 12.9. The van der Waals surface area contributed by atoms with E-state index in [0.717, 1.165) is 89.9 Å². The van der Waals surface area contributed by atoms with Gasteiger partial charge in [-0.3, -0.25) is 14.4 Å². The third kappa shape index (κ3) is 65.8. The van der Waals surface area contributed by atoms with Gasteiger partial charge in [0.15, 0.2) is 6.10 Å². The Hall–Kier alpha value is -2.89. The maximum atomic E-state index is 12.9. The van der Waals surface area contributed by atoms with E-state index >= 15 is 0 Å². The molecule has 0 saturated heterocycles. The largest absolute Gasteiger partial charge is 0.462 e. The highest BCUT2D eigenvalue weighted by Gasteiger charge is 2.19. The van der Waals surface area contributed by atoms with Gasteiger partial charge in [-0.05, 0) is 83.5 Å². The topological polar surface area (TPSA) is 78.9 Å². The second kappa shape index (κ2) is 67.6. The van der Waals surface area contributed by atoms with Crippen molar-refractivity contribution in [1.29, 1.82) is 0 Å². The minimum atomic E-state index is -0.768. The van der Waals surface area contributed by atoms with Crippen LogP contribution in [0.4, 0.5) is 0 Å². The van der Waals surface area contributed by atoms with Gasteiger partial charge in [-0.25, -0.2) is 0 Å². The maximum Gasteiger partial charge on any atom is 0.306 e. The van der Waals surface area contributed by atoms with Gasteiger partial charge in [-0.15, -0.1) is 0 Å². The Balaban J connectivity index is 3.94. The third-order valence-electron chi connectivity index (χ3n) is 15.5. The Morgan fingerprint density at radius 1 is 0.266 bits per heavy atom. The molecule has 460 valence electrons. The summed E-state index contributed by atoms with van der Waals surface area (Å²) in [5, 5.41) is 0. The van der Waals surface area contributed by atoms with E-state index in [9.17, 15) is 14.4 Å². The molecular formula is C73H132O6. The van der Waals surface area contributed by atoms with E-state index in [-0.39, 0.29) is 31.1 Å². The molecule has 0 N–H and O–H groups in total. The van der Waals surface area contributed by atoms with Crippen LogP contribution in [-0.2, 0) is 28.6 Å². The highest BCUT2D eigenvalue weighted by molar-refractivity contribution is 5.71. The Morgan fingerprint density at radius 3 is 0.785 bits per heavy atom. The molecule has 0 spiro atoms. The third-order valence-corrected chi connectivity index (χ3v) is 15.5. The SMILES string of the molecule is CC/C=C\C/C=C\C/C=C\C/C=C\CCCCCCCCCCCCCCCCCCCCC(=O)OCC(COC(=O)CCCCCCC)OC(=O)CCCCCCCCCCCCCCC/C=C\CCCCCCCCCC. The van der Waals surface area contributed by atoms with Crippen molar-refractivity contribution in [3.8, 4) is 0 Å². The molecule has 0 bridgehead atoms. The van der Waals surface area contributed by atoms with Gasteiger partial charge in [-0.2, -0.15) is 0 Å². The van der Waals surface area contributed by atoms with Crippen LogP contribution < -0.4 is 0 Å². The van der Waals surface area contributed by atoms with Crippen LogP contribution in [0.2, 0.25) is 0 Å². The quantitative estimate of drug-likeness (QED) is 0.0261. The highest BCUT2D eigenvalue weighted by Crippen LogP contribution is 2.18. The van der Waals surface area contributed by atoms with Crippen LogP contribution in [0.5, 0.6) is 0 Å². The average molecular weight is 1110 g/mol. The van der Waals surface area contributed by atoms with Crippen LogP contribution in [-0.4, -0.2) is 37.2 Å². The number of allylic oxidation sites excluding steroid dienone is 10. The molecule has 0 aromatic carbocycles. The van der Waals surface area contributed by atoms with Crippen molar-refractivity contribution >= 4 is 17.9 Å².